The summed E-state index contributed by atoms with van der Waals surface area (Å²) in [5.74, 6) is -0.242. The Hall–Kier alpha value is -2.50. The van der Waals surface area contributed by atoms with Crippen molar-refractivity contribution in [3.05, 3.63) is 42.7 Å². The Morgan fingerprint density at radius 3 is 2.72 bits per heavy atom. The van der Waals surface area contributed by atoms with Crippen molar-refractivity contribution in [2.24, 2.45) is 0 Å². The summed E-state index contributed by atoms with van der Waals surface area (Å²) < 4.78 is 0. The molecular weight excluding hydrogens is 230 g/mol. The minimum atomic E-state index is -0.242. The molecule has 0 saturated carbocycles. The predicted octanol–water partition coefficient (Wildman–Crippen LogP) is 1.56. The van der Waals surface area contributed by atoms with E-state index >= 15 is 0 Å². The summed E-state index contributed by atoms with van der Waals surface area (Å²) in [6.07, 6.45) is 7.64. The zero-order chi connectivity index (χ0) is 12.8. The lowest BCUT2D eigenvalue weighted by Crippen LogP contribution is -2.15. The van der Waals surface area contributed by atoms with Crippen molar-refractivity contribution in [1.82, 2.24) is 15.0 Å². The number of aromatic nitrogens is 3. The van der Waals surface area contributed by atoms with Gasteiger partial charge in [0.1, 0.15) is 6.33 Å². The summed E-state index contributed by atoms with van der Waals surface area (Å²) in [7, 11) is 0. The summed E-state index contributed by atoms with van der Waals surface area (Å²) in [5, 5.41) is 5.82. The van der Waals surface area contributed by atoms with Gasteiger partial charge in [0.05, 0.1) is 29.3 Å². The highest BCUT2D eigenvalue weighted by Gasteiger charge is 2.11. The van der Waals surface area contributed by atoms with E-state index in [1.54, 1.807) is 12.3 Å². The number of hydrogen-bond donors (Lipinski definition) is 2. The average molecular weight is 243 g/mol. The van der Waals surface area contributed by atoms with Crippen molar-refractivity contribution >= 4 is 17.3 Å². The molecule has 2 N–H and O–H groups in total. The number of pyridine rings is 1. The standard InChI is InChI=1S/C12H13N5O/c1-2-16-11-3-4-13-7-10(11)12(18)17-9-5-14-8-15-6-9/h3-8H,2H2,1H3,(H,13,16)(H,17,18). The van der Waals surface area contributed by atoms with Crippen LogP contribution in [0.5, 0.6) is 0 Å². The number of carbonyl (C=O) groups is 1. The second-order valence-electron chi connectivity index (χ2n) is 3.53. The second kappa shape index (κ2) is 5.72. The third-order valence-corrected chi connectivity index (χ3v) is 2.25. The summed E-state index contributed by atoms with van der Waals surface area (Å²) in [6.45, 7) is 2.70. The molecule has 0 aliphatic heterocycles. The Morgan fingerprint density at radius 2 is 2.00 bits per heavy atom. The molecule has 18 heavy (non-hydrogen) atoms. The summed E-state index contributed by atoms with van der Waals surface area (Å²) in [6, 6.07) is 1.76. The SMILES string of the molecule is CCNc1ccncc1C(=O)Nc1cncnc1. The third kappa shape index (κ3) is 2.79. The summed E-state index contributed by atoms with van der Waals surface area (Å²) in [5.41, 5.74) is 1.79. The number of amides is 1. The first kappa shape index (κ1) is 12.0. The summed E-state index contributed by atoms with van der Waals surface area (Å²) in [4.78, 5) is 23.7. The molecule has 2 aromatic rings. The zero-order valence-corrected chi connectivity index (χ0v) is 9.92. The minimum absolute atomic E-state index is 0.242. The van der Waals surface area contributed by atoms with Gasteiger partial charge in [-0.2, -0.15) is 0 Å². The van der Waals surface area contributed by atoms with Gasteiger partial charge in [-0.1, -0.05) is 0 Å². The molecule has 1 amide bonds. The highest BCUT2D eigenvalue weighted by molar-refractivity contribution is 6.07. The number of nitrogens with zero attached hydrogens (tertiary/aromatic N) is 3. The molecule has 6 nitrogen and oxygen atoms in total. The molecule has 6 heteroatoms. The molecule has 2 aromatic heterocycles. The van der Waals surface area contributed by atoms with Gasteiger partial charge in [0.25, 0.3) is 5.91 Å². The van der Waals surface area contributed by atoms with E-state index < -0.39 is 0 Å². The maximum absolute atomic E-state index is 12.1. The van der Waals surface area contributed by atoms with Crippen LogP contribution >= 0.6 is 0 Å². The van der Waals surface area contributed by atoms with Crippen LogP contribution in [0.3, 0.4) is 0 Å². The molecule has 0 bridgehead atoms. The average Bonchev–Trinajstić information content (AvgIpc) is 2.41. The maximum Gasteiger partial charge on any atom is 0.259 e. The zero-order valence-electron chi connectivity index (χ0n) is 9.92. The van der Waals surface area contributed by atoms with Crippen molar-refractivity contribution in [3.8, 4) is 0 Å². The Kier molecular flexibility index (Phi) is 3.80. The Bertz CT molecular complexity index is 529. The third-order valence-electron chi connectivity index (χ3n) is 2.25. The number of anilines is 2. The minimum Gasteiger partial charge on any atom is -0.385 e. The van der Waals surface area contributed by atoms with Crippen molar-refractivity contribution in [3.63, 3.8) is 0 Å². The quantitative estimate of drug-likeness (QED) is 0.851. The van der Waals surface area contributed by atoms with E-state index in [0.29, 0.717) is 11.3 Å². The maximum atomic E-state index is 12.1. The molecule has 0 fully saturated rings. The van der Waals surface area contributed by atoms with Gasteiger partial charge >= 0.3 is 0 Å². The largest absolute Gasteiger partial charge is 0.385 e. The molecular formula is C12H13N5O. The number of rotatable bonds is 4. The fraction of sp³-hybridized carbons (Fsp3) is 0.167. The van der Waals surface area contributed by atoms with Crippen LogP contribution in [0.4, 0.5) is 11.4 Å². The fourth-order valence-corrected chi connectivity index (χ4v) is 1.48. The van der Waals surface area contributed by atoms with Gasteiger partial charge in [0.15, 0.2) is 0 Å². The van der Waals surface area contributed by atoms with E-state index in [4.69, 9.17) is 0 Å². The van der Waals surface area contributed by atoms with E-state index in [1.165, 1.54) is 24.9 Å². The molecule has 0 aliphatic carbocycles. The van der Waals surface area contributed by atoms with Gasteiger partial charge in [-0.25, -0.2) is 9.97 Å². The lowest BCUT2D eigenvalue weighted by Gasteiger charge is -2.09. The van der Waals surface area contributed by atoms with Crippen LogP contribution in [0.15, 0.2) is 37.2 Å². The molecule has 0 atom stereocenters. The van der Waals surface area contributed by atoms with E-state index in [-0.39, 0.29) is 5.91 Å². The molecule has 0 spiro atoms. The number of hydrogen-bond acceptors (Lipinski definition) is 5. The van der Waals surface area contributed by atoms with Crippen LogP contribution in [-0.4, -0.2) is 27.4 Å². The predicted molar refractivity (Wildman–Crippen MR) is 68.4 cm³/mol. The van der Waals surface area contributed by atoms with Gasteiger partial charge in [0, 0.05) is 18.9 Å². The van der Waals surface area contributed by atoms with Gasteiger partial charge in [-0.15, -0.1) is 0 Å². The van der Waals surface area contributed by atoms with Gasteiger partial charge in [-0.05, 0) is 13.0 Å². The molecule has 0 aromatic carbocycles. The lowest BCUT2D eigenvalue weighted by molar-refractivity contribution is 0.102. The first-order chi connectivity index (χ1) is 8.81. The number of nitrogens with one attached hydrogen (secondary N) is 2. The van der Waals surface area contributed by atoms with Crippen molar-refractivity contribution < 1.29 is 4.79 Å². The van der Waals surface area contributed by atoms with Crippen molar-refractivity contribution in [2.75, 3.05) is 17.2 Å². The van der Waals surface area contributed by atoms with Crippen LogP contribution in [-0.2, 0) is 0 Å². The van der Waals surface area contributed by atoms with Crippen LogP contribution in [0, 0.1) is 0 Å². The normalized spacial score (nSPS) is 9.83. The second-order valence-corrected chi connectivity index (χ2v) is 3.53. The van der Waals surface area contributed by atoms with E-state index in [2.05, 4.69) is 25.6 Å². The van der Waals surface area contributed by atoms with Crippen LogP contribution < -0.4 is 10.6 Å². The highest BCUT2D eigenvalue weighted by Crippen LogP contribution is 2.15. The van der Waals surface area contributed by atoms with Crippen LogP contribution in [0.1, 0.15) is 17.3 Å². The molecule has 2 rings (SSSR count). The lowest BCUT2D eigenvalue weighted by atomic mass is 10.2. The monoisotopic (exact) mass is 243 g/mol. The Labute approximate surface area is 105 Å². The smallest absolute Gasteiger partial charge is 0.259 e. The molecule has 0 saturated heterocycles. The fourth-order valence-electron chi connectivity index (χ4n) is 1.48. The van der Waals surface area contributed by atoms with Gasteiger partial charge in [-0.3, -0.25) is 9.78 Å². The van der Waals surface area contributed by atoms with Crippen molar-refractivity contribution in [2.45, 2.75) is 6.92 Å². The molecule has 0 radical (unpaired) electrons. The van der Waals surface area contributed by atoms with Gasteiger partial charge < -0.3 is 10.6 Å². The molecule has 2 heterocycles. The van der Waals surface area contributed by atoms with E-state index in [9.17, 15) is 4.79 Å². The van der Waals surface area contributed by atoms with Gasteiger partial charge in [0.2, 0.25) is 0 Å². The van der Waals surface area contributed by atoms with Crippen LogP contribution in [0.2, 0.25) is 0 Å². The first-order valence-corrected chi connectivity index (χ1v) is 5.55. The molecule has 0 unspecified atom stereocenters. The highest BCUT2D eigenvalue weighted by atomic mass is 16.1. The van der Waals surface area contributed by atoms with E-state index in [1.807, 2.05) is 6.92 Å². The van der Waals surface area contributed by atoms with E-state index in [0.717, 1.165) is 12.2 Å². The number of carbonyl (C=O) groups excluding carboxylic acids is 1. The Balaban J connectivity index is 2.19. The summed E-state index contributed by atoms with van der Waals surface area (Å²) >= 11 is 0. The van der Waals surface area contributed by atoms with Crippen LogP contribution in [0.25, 0.3) is 0 Å². The first-order valence-electron chi connectivity index (χ1n) is 5.55. The Morgan fingerprint density at radius 1 is 1.22 bits per heavy atom. The van der Waals surface area contributed by atoms with Crippen molar-refractivity contribution in [1.29, 1.82) is 0 Å². The topological polar surface area (TPSA) is 79.8 Å². The molecule has 92 valence electrons. The molecule has 0 aliphatic rings.